The van der Waals surface area contributed by atoms with E-state index in [4.69, 9.17) is 5.73 Å². The number of likely N-dealkylation sites (N-methyl/N-ethyl adjacent to an activating group) is 1. The molecule has 3 nitrogen and oxygen atoms in total. The molecule has 1 aliphatic heterocycles. The summed E-state index contributed by atoms with van der Waals surface area (Å²) in [6, 6.07) is 3.00. The minimum atomic E-state index is -0.514. The maximum Gasteiger partial charge on any atom is 0.149 e. The molecule has 5 heteroatoms. The number of nitrogens with zero attached hydrogens (tertiary/aromatic N) is 2. The minimum absolute atomic E-state index is 0.0868. The summed E-state index contributed by atoms with van der Waals surface area (Å²) in [5.41, 5.74) is 6.00. The van der Waals surface area contributed by atoms with Crippen LogP contribution in [0.2, 0.25) is 0 Å². The van der Waals surface area contributed by atoms with Gasteiger partial charge in [0.1, 0.15) is 17.3 Å². The van der Waals surface area contributed by atoms with Gasteiger partial charge in [-0.3, -0.25) is 0 Å². The van der Waals surface area contributed by atoms with Crippen LogP contribution < -0.4 is 10.6 Å². The predicted octanol–water partition coefficient (Wildman–Crippen LogP) is 1.95. The van der Waals surface area contributed by atoms with Crippen LogP contribution in [0, 0.1) is 11.6 Å². The monoisotopic (exact) mass is 269 g/mol. The fourth-order valence-corrected chi connectivity index (χ4v) is 2.62. The molecule has 1 aromatic carbocycles. The molecule has 0 saturated carbocycles. The zero-order valence-corrected chi connectivity index (χ0v) is 11.5. The summed E-state index contributed by atoms with van der Waals surface area (Å²) >= 11 is 0. The maximum absolute atomic E-state index is 14.1. The van der Waals surface area contributed by atoms with Gasteiger partial charge in [0.2, 0.25) is 0 Å². The summed E-state index contributed by atoms with van der Waals surface area (Å²) < 4.78 is 28.1. The van der Waals surface area contributed by atoms with E-state index in [1.807, 2.05) is 14.1 Å². The lowest BCUT2D eigenvalue weighted by atomic mass is 10.0. The van der Waals surface area contributed by atoms with Crippen molar-refractivity contribution >= 4 is 5.69 Å². The molecule has 1 heterocycles. The van der Waals surface area contributed by atoms with Crippen molar-refractivity contribution in [3.8, 4) is 0 Å². The number of rotatable bonds is 3. The van der Waals surface area contributed by atoms with Crippen molar-refractivity contribution in [1.29, 1.82) is 0 Å². The Morgan fingerprint density at radius 1 is 1.32 bits per heavy atom. The molecule has 2 N–H and O–H groups in total. The number of hydrogen-bond acceptors (Lipinski definition) is 3. The van der Waals surface area contributed by atoms with Gasteiger partial charge >= 0.3 is 0 Å². The highest BCUT2D eigenvalue weighted by molar-refractivity contribution is 5.51. The van der Waals surface area contributed by atoms with E-state index >= 15 is 0 Å². The molecule has 1 atom stereocenters. The molecule has 1 saturated heterocycles. The third kappa shape index (κ3) is 3.04. The first-order valence-electron chi connectivity index (χ1n) is 6.62. The average molecular weight is 269 g/mol. The first-order valence-corrected chi connectivity index (χ1v) is 6.62. The van der Waals surface area contributed by atoms with Gasteiger partial charge in [-0.15, -0.1) is 0 Å². The Morgan fingerprint density at radius 3 is 2.47 bits per heavy atom. The summed E-state index contributed by atoms with van der Waals surface area (Å²) in [6.07, 6.45) is 2.01. The lowest BCUT2D eigenvalue weighted by Crippen LogP contribution is -2.45. The van der Waals surface area contributed by atoms with E-state index < -0.39 is 11.6 Å². The first-order chi connectivity index (χ1) is 9.02. The Morgan fingerprint density at radius 2 is 1.95 bits per heavy atom. The molecule has 0 spiro atoms. The maximum atomic E-state index is 14.1. The number of hydrogen-bond donors (Lipinski definition) is 1. The highest BCUT2D eigenvalue weighted by atomic mass is 19.1. The highest BCUT2D eigenvalue weighted by Crippen LogP contribution is 2.28. The van der Waals surface area contributed by atoms with Gasteiger partial charge in [-0.2, -0.15) is 0 Å². The predicted molar refractivity (Wildman–Crippen MR) is 73.2 cm³/mol. The van der Waals surface area contributed by atoms with Crippen LogP contribution in [0.5, 0.6) is 0 Å². The average Bonchev–Trinajstić information content (AvgIpc) is 2.38. The van der Waals surface area contributed by atoms with Gasteiger partial charge in [0.15, 0.2) is 0 Å². The van der Waals surface area contributed by atoms with E-state index in [0.717, 1.165) is 12.8 Å². The van der Waals surface area contributed by atoms with E-state index in [9.17, 15) is 8.78 Å². The fraction of sp³-hybridized carbons (Fsp3) is 0.571. The largest absolute Gasteiger partial charge is 0.365 e. The Balaban J connectivity index is 2.26. The smallest absolute Gasteiger partial charge is 0.149 e. The van der Waals surface area contributed by atoms with Gasteiger partial charge in [0, 0.05) is 25.7 Å². The molecule has 1 unspecified atom stereocenters. The quantitative estimate of drug-likeness (QED) is 0.910. The summed E-state index contributed by atoms with van der Waals surface area (Å²) in [7, 11) is 4.00. The van der Waals surface area contributed by atoms with Gasteiger partial charge in [-0.25, -0.2) is 8.78 Å². The topological polar surface area (TPSA) is 32.5 Å². The Hall–Kier alpha value is -1.20. The number of piperidine rings is 1. The number of anilines is 1. The molecule has 0 aliphatic carbocycles. The zero-order chi connectivity index (χ0) is 14.0. The lowest BCUT2D eigenvalue weighted by molar-refractivity contribution is 0.256. The van der Waals surface area contributed by atoms with Gasteiger partial charge in [0.25, 0.3) is 0 Å². The van der Waals surface area contributed by atoms with E-state index in [1.165, 1.54) is 12.1 Å². The number of halogens is 2. The summed E-state index contributed by atoms with van der Waals surface area (Å²) in [5, 5.41) is 0. The summed E-state index contributed by atoms with van der Waals surface area (Å²) in [4.78, 5) is 3.91. The number of nitrogens with two attached hydrogens (primary N) is 1. The van der Waals surface area contributed by atoms with Crippen LogP contribution in [-0.4, -0.2) is 38.1 Å². The SMILES string of the molecule is CN(C)C1CCCN(c2c(F)cc(CN)cc2F)C1. The van der Waals surface area contributed by atoms with Crippen LogP contribution in [-0.2, 0) is 6.54 Å². The van der Waals surface area contributed by atoms with Crippen LogP contribution in [0.1, 0.15) is 18.4 Å². The Bertz CT molecular complexity index is 425. The second kappa shape index (κ2) is 5.84. The Kier molecular flexibility index (Phi) is 4.37. The van der Waals surface area contributed by atoms with Crippen molar-refractivity contribution in [3.05, 3.63) is 29.3 Å². The Labute approximate surface area is 113 Å². The standard InChI is InChI=1S/C14H21F2N3/c1-18(2)11-4-3-5-19(9-11)14-12(15)6-10(8-17)7-13(14)16/h6-7,11H,3-5,8-9,17H2,1-2H3. The molecule has 0 aromatic heterocycles. The summed E-state index contributed by atoms with van der Waals surface area (Å²) in [6.45, 7) is 1.50. The van der Waals surface area contributed by atoms with Crippen molar-refractivity contribution in [3.63, 3.8) is 0 Å². The molecule has 1 aromatic rings. The molecule has 2 rings (SSSR count). The van der Waals surface area contributed by atoms with Crippen LogP contribution in [0.25, 0.3) is 0 Å². The molecule has 0 radical (unpaired) electrons. The molecule has 0 amide bonds. The van der Waals surface area contributed by atoms with Gasteiger partial charge < -0.3 is 15.5 Å². The van der Waals surface area contributed by atoms with E-state index in [-0.39, 0.29) is 12.2 Å². The van der Waals surface area contributed by atoms with Gasteiger partial charge in [-0.1, -0.05) is 0 Å². The van der Waals surface area contributed by atoms with Crippen LogP contribution >= 0.6 is 0 Å². The van der Waals surface area contributed by atoms with E-state index in [2.05, 4.69) is 4.90 Å². The fourth-order valence-electron chi connectivity index (χ4n) is 2.62. The van der Waals surface area contributed by atoms with E-state index in [1.54, 1.807) is 4.90 Å². The molecular formula is C14H21F2N3. The molecule has 106 valence electrons. The zero-order valence-electron chi connectivity index (χ0n) is 11.5. The minimum Gasteiger partial charge on any atom is -0.365 e. The van der Waals surface area contributed by atoms with Crippen molar-refractivity contribution in [2.75, 3.05) is 32.1 Å². The van der Waals surface area contributed by atoms with Crippen molar-refractivity contribution in [1.82, 2.24) is 4.90 Å². The van der Waals surface area contributed by atoms with Crippen LogP contribution in [0.15, 0.2) is 12.1 Å². The van der Waals surface area contributed by atoms with Crippen molar-refractivity contribution in [2.45, 2.75) is 25.4 Å². The second-order valence-corrected chi connectivity index (χ2v) is 5.32. The molecule has 0 bridgehead atoms. The second-order valence-electron chi connectivity index (χ2n) is 5.32. The normalized spacial score (nSPS) is 20.1. The molecule has 1 fully saturated rings. The summed E-state index contributed by atoms with van der Waals surface area (Å²) in [5.74, 6) is -1.03. The highest BCUT2D eigenvalue weighted by Gasteiger charge is 2.25. The van der Waals surface area contributed by atoms with Crippen molar-refractivity contribution < 1.29 is 8.78 Å². The third-order valence-electron chi connectivity index (χ3n) is 3.76. The van der Waals surface area contributed by atoms with Crippen LogP contribution in [0.3, 0.4) is 0 Å². The molecular weight excluding hydrogens is 248 g/mol. The lowest BCUT2D eigenvalue weighted by Gasteiger charge is -2.37. The molecule has 19 heavy (non-hydrogen) atoms. The van der Waals surface area contributed by atoms with Gasteiger partial charge in [0.05, 0.1) is 0 Å². The first kappa shape index (κ1) is 14.2. The molecule has 1 aliphatic rings. The van der Waals surface area contributed by atoms with Crippen LogP contribution in [0.4, 0.5) is 14.5 Å². The number of benzene rings is 1. The van der Waals surface area contributed by atoms with Gasteiger partial charge in [-0.05, 0) is 44.6 Å². The van der Waals surface area contributed by atoms with E-state index in [0.29, 0.717) is 24.7 Å². The third-order valence-corrected chi connectivity index (χ3v) is 3.76. The van der Waals surface area contributed by atoms with Crippen molar-refractivity contribution in [2.24, 2.45) is 5.73 Å².